The Hall–Kier alpha value is -1.90. The summed E-state index contributed by atoms with van der Waals surface area (Å²) in [6.45, 7) is 0.805. The number of rotatable bonds is 6. The molecule has 3 rings (SSSR count). The molecule has 0 spiro atoms. The van der Waals surface area contributed by atoms with Crippen LogP contribution < -0.4 is 4.74 Å². The summed E-state index contributed by atoms with van der Waals surface area (Å²) in [7, 11) is -1.88. The molecular formula is C18H21NO5S2. The van der Waals surface area contributed by atoms with Gasteiger partial charge in [0.25, 0.3) is 10.0 Å². The number of sulfonamides is 1. The Balaban J connectivity index is 1.54. The van der Waals surface area contributed by atoms with Gasteiger partial charge >= 0.3 is 5.97 Å². The number of nitrogens with zero attached hydrogens (tertiary/aromatic N) is 1. The van der Waals surface area contributed by atoms with Crippen LogP contribution >= 0.6 is 11.3 Å². The molecule has 2 aromatic rings. The highest BCUT2D eigenvalue weighted by Crippen LogP contribution is 2.27. The first-order valence-electron chi connectivity index (χ1n) is 8.34. The Bertz CT molecular complexity index is 840. The number of esters is 1. The van der Waals surface area contributed by atoms with Gasteiger partial charge in [-0.2, -0.15) is 4.31 Å². The molecular weight excluding hydrogens is 374 g/mol. The molecule has 2 heterocycles. The normalized spacial score (nSPS) is 16.3. The fourth-order valence-corrected chi connectivity index (χ4v) is 5.57. The molecule has 1 saturated heterocycles. The number of piperidine rings is 1. The van der Waals surface area contributed by atoms with Crippen LogP contribution in [0, 0.1) is 5.92 Å². The van der Waals surface area contributed by atoms with Gasteiger partial charge in [0.1, 0.15) is 16.6 Å². The molecule has 1 aliphatic heterocycles. The molecule has 1 aromatic heterocycles. The molecule has 0 atom stereocenters. The average Bonchev–Trinajstić information content (AvgIpc) is 3.22. The number of para-hydroxylation sites is 1. The summed E-state index contributed by atoms with van der Waals surface area (Å²) in [6.07, 6.45) is 0.935. The molecule has 140 valence electrons. The number of carbonyl (C=O) groups excluding carboxylic acids is 1. The molecule has 8 heteroatoms. The first-order valence-corrected chi connectivity index (χ1v) is 10.7. The summed E-state index contributed by atoms with van der Waals surface area (Å²) in [5.74, 6) is 0.112. The van der Waals surface area contributed by atoms with Crippen molar-refractivity contribution in [3.63, 3.8) is 0 Å². The van der Waals surface area contributed by atoms with Gasteiger partial charge < -0.3 is 9.47 Å². The van der Waals surface area contributed by atoms with E-state index in [1.165, 1.54) is 15.6 Å². The van der Waals surface area contributed by atoms with E-state index in [1.54, 1.807) is 24.6 Å². The number of benzene rings is 1. The molecule has 0 unspecified atom stereocenters. The van der Waals surface area contributed by atoms with Crippen molar-refractivity contribution in [3.8, 4) is 5.75 Å². The van der Waals surface area contributed by atoms with E-state index in [4.69, 9.17) is 9.47 Å². The maximum atomic E-state index is 12.5. The van der Waals surface area contributed by atoms with Crippen molar-refractivity contribution in [1.29, 1.82) is 0 Å². The average molecular weight is 396 g/mol. The molecule has 0 bridgehead atoms. The quantitative estimate of drug-likeness (QED) is 0.703. The highest BCUT2D eigenvalue weighted by atomic mass is 32.2. The Morgan fingerprint density at radius 1 is 1.19 bits per heavy atom. The Labute approximate surface area is 157 Å². The van der Waals surface area contributed by atoms with Crippen LogP contribution in [0.2, 0.25) is 0 Å². The molecule has 0 N–H and O–H groups in total. The Kier molecular flexibility index (Phi) is 5.95. The van der Waals surface area contributed by atoms with Crippen molar-refractivity contribution in [2.45, 2.75) is 23.7 Å². The molecule has 1 fully saturated rings. The summed E-state index contributed by atoms with van der Waals surface area (Å²) in [5, 5.41) is 1.74. The topological polar surface area (TPSA) is 72.9 Å². The van der Waals surface area contributed by atoms with Crippen LogP contribution in [0.5, 0.6) is 5.75 Å². The molecule has 1 aromatic carbocycles. The molecule has 6 nitrogen and oxygen atoms in total. The van der Waals surface area contributed by atoms with Crippen LogP contribution in [0.3, 0.4) is 0 Å². The van der Waals surface area contributed by atoms with Crippen molar-refractivity contribution >= 4 is 27.3 Å². The second-order valence-corrected chi connectivity index (χ2v) is 9.14. The molecule has 1 aliphatic rings. The van der Waals surface area contributed by atoms with Crippen molar-refractivity contribution in [2.75, 3.05) is 20.2 Å². The third-order valence-corrected chi connectivity index (χ3v) is 7.71. The van der Waals surface area contributed by atoms with E-state index in [0.717, 1.165) is 5.56 Å². The Morgan fingerprint density at radius 3 is 2.58 bits per heavy atom. The van der Waals surface area contributed by atoms with Crippen LogP contribution in [0.1, 0.15) is 18.4 Å². The molecule has 0 saturated carbocycles. The zero-order valence-electron chi connectivity index (χ0n) is 14.5. The summed E-state index contributed by atoms with van der Waals surface area (Å²) in [4.78, 5) is 12.3. The molecule has 0 aliphatic carbocycles. The third-order valence-electron chi connectivity index (χ3n) is 4.44. The SMILES string of the molecule is COc1ccccc1COC(=O)C1CCN(S(=O)(=O)c2cccs2)CC1. The predicted octanol–water partition coefficient (Wildman–Crippen LogP) is 2.90. The smallest absolute Gasteiger partial charge is 0.309 e. The molecule has 0 radical (unpaired) electrons. The first-order chi connectivity index (χ1) is 12.5. The number of methoxy groups -OCH3 is 1. The van der Waals surface area contributed by atoms with Gasteiger partial charge in [0.2, 0.25) is 0 Å². The highest BCUT2D eigenvalue weighted by molar-refractivity contribution is 7.91. The predicted molar refractivity (Wildman–Crippen MR) is 98.6 cm³/mol. The Morgan fingerprint density at radius 2 is 1.92 bits per heavy atom. The molecule has 0 amide bonds. The van der Waals surface area contributed by atoms with E-state index in [0.29, 0.717) is 35.9 Å². The van der Waals surface area contributed by atoms with Gasteiger partial charge in [-0.3, -0.25) is 4.79 Å². The molecule has 26 heavy (non-hydrogen) atoms. The minimum atomic E-state index is -3.45. The number of hydrogen-bond donors (Lipinski definition) is 0. The lowest BCUT2D eigenvalue weighted by atomic mass is 9.98. The lowest BCUT2D eigenvalue weighted by molar-refractivity contribution is -0.151. The minimum absolute atomic E-state index is 0.149. The van der Waals surface area contributed by atoms with Crippen molar-refractivity contribution in [1.82, 2.24) is 4.31 Å². The van der Waals surface area contributed by atoms with Gasteiger partial charge in [-0.05, 0) is 30.4 Å². The van der Waals surface area contributed by atoms with E-state index < -0.39 is 10.0 Å². The van der Waals surface area contributed by atoms with Crippen LogP contribution in [-0.4, -0.2) is 38.9 Å². The monoisotopic (exact) mass is 395 g/mol. The maximum absolute atomic E-state index is 12.5. The van der Waals surface area contributed by atoms with Crippen molar-refractivity contribution < 1.29 is 22.7 Å². The van der Waals surface area contributed by atoms with Gasteiger partial charge in [0.05, 0.1) is 13.0 Å². The van der Waals surface area contributed by atoms with Crippen LogP contribution in [0.4, 0.5) is 0 Å². The summed E-state index contributed by atoms with van der Waals surface area (Å²) < 4.78 is 37.5. The van der Waals surface area contributed by atoms with Crippen LogP contribution in [0.25, 0.3) is 0 Å². The van der Waals surface area contributed by atoms with Gasteiger partial charge in [0.15, 0.2) is 0 Å². The van der Waals surface area contributed by atoms with E-state index in [-0.39, 0.29) is 18.5 Å². The lowest BCUT2D eigenvalue weighted by Crippen LogP contribution is -2.40. The van der Waals surface area contributed by atoms with Crippen molar-refractivity contribution in [3.05, 3.63) is 47.3 Å². The number of hydrogen-bond acceptors (Lipinski definition) is 6. The zero-order chi connectivity index (χ0) is 18.6. The maximum Gasteiger partial charge on any atom is 0.309 e. The summed E-state index contributed by atoms with van der Waals surface area (Å²) in [5.41, 5.74) is 0.807. The van der Waals surface area contributed by atoms with Crippen molar-refractivity contribution in [2.24, 2.45) is 5.92 Å². The van der Waals surface area contributed by atoms with Crippen LogP contribution in [-0.2, 0) is 26.2 Å². The van der Waals surface area contributed by atoms with Gasteiger partial charge in [-0.25, -0.2) is 8.42 Å². The van der Waals surface area contributed by atoms with Gasteiger partial charge in [-0.15, -0.1) is 11.3 Å². The second kappa shape index (κ2) is 8.20. The minimum Gasteiger partial charge on any atom is -0.496 e. The zero-order valence-corrected chi connectivity index (χ0v) is 16.1. The van der Waals surface area contributed by atoms with E-state index in [9.17, 15) is 13.2 Å². The van der Waals surface area contributed by atoms with E-state index in [1.807, 2.05) is 24.3 Å². The van der Waals surface area contributed by atoms with Crippen LogP contribution in [0.15, 0.2) is 46.0 Å². The second-order valence-electron chi connectivity index (χ2n) is 6.03. The van der Waals surface area contributed by atoms with Gasteiger partial charge in [0, 0.05) is 18.7 Å². The van der Waals surface area contributed by atoms with E-state index in [2.05, 4.69) is 0 Å². The fraction of sp³-hybridized carbons (Fsp3) is 0.389. The highest BCUT2D eigenvalue weighted by Gasteiger charge is 2.33. The van der Waals surface area contributed by atoms with E-state index >= 15 is 0 Å². The standard InChI is InChI=1S/C18H21NO5S2/c1-23-16-6-3-2-5-15(16)13-24-18(20)14-8-10-19(11-9-14)26(21,22)17-7-4-12-25-17/h2-7,12,14H,8-11,13H2,1H3. The number of carbonyl (C=O) groups is 1. The number of ether oxygens (including phenoxy) is 2. The lowest BCUT2D eigenvalue weighted by Gasteiger charge is -2.29. The largest absolute Gasteiger partial charge is 0.496 e. The number of thiophene rings is 1. The fourth-order valence-electron chi connectivity index (χ4n) is 2.96. The third kappa shape index (κ3) is 4.08. The van der Waals surface area contributed by atoms with Gasteiger partial charge in [-0.1, -0.05) is 24.3 Å². The first kappa shape index (κ1) is 18.9. The summed E-state index contributed by atoms with van der Waals surface area (Å²) >= 11 is 1.21. The summed E-state index contributed by atoms with van der Waals surface area (Å²) in [6, 6.07) is 10.7.